The van der Waals surface area contributed by atoms with E-state index in [0.29, 0.717) is 29.8 Å². The molecule has 0 amide bonds. The molecule has 1 aliphatic heterocycles. The Hall–Kier alpha value is -0.830. The van der Waals surface area contributed by atoms with Crippen LogP contribution < -0.4 is 0 Å². The first-order chi connectivity index (χ1) is 9.86. The maximum absolute atomic E-state index is 11.3. The van der Waals surface area contributed by atoms with Gasteiger partial charge in [0, 0.05) is 18.3 Å². The number of hydrogen-bond acceptors (Lipinski definition) is 3. The van der Waals surface area contributed by atoms with E-state index in [1.807, 2.05) is 0 Å². The van der Waals surface area contributed by atoms with E-state index < -0.39 is 0 Å². The highest BCUT2D eigenvalue weighted by atomic mass is 16.5. The van der Waals surface area contributed by atoms with Crippen LogP contribution in [0.4, 0.5) is 0 Å². The number of carbonyl (C=O) groups is 1. The van der Waals surface area contributed by atoms with Crippen LogP contribution in [0.2, 0.25) is 0 Å². The molecule has 3 heteroatoms. The van der Waals surface area contributed by atoms with Crippen molar-refractivity contribution in [2.24, 2.45) is 28.6 Å². The Morgan fingerprint density at radius 3 is 2.95 bits per heavy atom. The van der Waals surface area contributed by atoms with Crippen LogP contribution in [0.15, 0.2) is 11.6 Å². The van der Waals surface area contributed by atoms with E-state index in [0.717, 1.165) is 19.6 Å². The Kier molecular flexibility index (Phi) is 3.67. The van der Waals surface area contributed by atoms with E-state index in [1.165, 1.54) is 19.8 Å². The minimum absolute atomic E-state index is 0.00516. The second-order valence-corrected chi connectivity index (χ2v) is 8.04. The fourth-order valence-corrected chi connectivity index (χ4v) is 4.79. The van der Waals surface area contributed by atoms with Gasteiger partial charge in [-0.05, 0) is 36.5 Å². The third-order valence-corrected chi connectivity index (χ3v) is 6.37. The summed E-state index contributed by atoms with van der Waals surface area (Å²) in [7, 11) is 0. The Balaban J connectivity index is 1.93. The molecule has 0 radical (unpaired) electrons. The highest BCUT2D eigenvalue weighted by Crippen LogP contribution is 2.59. The molecule has 21 heavy (non-hydrogen) atoms. The van der Waals surface area contributed by atoms with Gasteiger partial charge in [0.1, 0.15) is 0 Å². The molecule has 3 nitrogen and oxygen atoms in total. The Labute approximate surface area is 128 Å². The van der Waals surface area contributed by atoms with Gasteiger partial charge < -0.3 is 9.47 Å². The summed E-state index contributed by atoms with van der Waals surface area (Å²) in [6.07, 6.45) is 6.02. The van der Waals surface area contributed by atoms with Gasteiger partial charge in [-0.25, -0.2) is 0 Å². The maximum atomic E-state index is 11.3. The van der Waals surface area contributed by atoms with Gasteiger partial charge >= 0.3 is 5.97 Å². The van der Waals surface area contributed by atoms with Crippen molar-refractivity contribution in [1.82, 2.24) is 0 Å². The van der Waals surface area contributed by atoms with E-state index in [9.17, 15) is 4.79 Å². The van der Waals surface area contributed by atoms with Crippen LogP contribution in [0.3, 0.4) is 0 Å². The molecule has 1 saturated heterocycles. The molecule has 118 valence electrons. The minimum Gasteiger partial charge on any atom is -0.465 e. The van der Waals surface area contributed by atoms with Gasteiger partial charge in [0.05, 0.1) is 19.8 Å². The first kappa shape index (κ1) is 15.1. The van der Waals surface area contributed by atoms with Crippen LogP contribution in [-0.4, -0.2) is 25.8 Å². The van der Waals surface area contributed by atoms with Gasteiger partial charge in [-0.2, -0.15) is 0 Å². The summed E-state index contributed by atoms with van der Waals surface area (Å²) < 4.78 is 11.4. The SMILES string of the molecule is CC(=O)OC[C@]12COC[C@H](C3=CCCC(C)(C)[C@@H]3C1)[C@@H]2C. The van der Waals surface area contributed by atoms with Crippen molar-refractivity contribution < 1.29 is 14.3 Å². The topological polar surface area (TPSA) is 35.5 Å². The van der Waals surface area contributed by atoms with Crippen molar-refractivity contribution in [2.75, 3.05) is 19.8 Å². The average molecular weight is 292 g/mol. The average Bonchev–Trinajstić information content (AvgIpc) is 2.39. The van der Waals surface area contributed by atoms with E-state index in [-0.39, 0.29) is 11.4 Å². The largest absolute Gasteiger partial charge is 0.465 e. The second-order valence-electron chi connectivity index (χ2n) is 8.04. The highest BCUT2D eigenvalue weighted by Gasteiger charge is 2.55. The zero-order valence-corrected chi connectivity index (χ0v) is 13.8. The Morgan fingerprint density at radius 1 is 1.48 bits per heavy atom. The summed E-state index contributed by atoms with van der Waals surface area (Å²) in [5.41, 5.74) is 1.98. The first-order valence-electron chi connectivity index (χ1n) is 8.27. The van der Waals surface area contributed by atoms with Gasteiger partial charge in [-0.3, -0.25) is 4.79 Å². The molecule has 3 rings (SSSR count). The predicted octanol–water partition coefficient (Wildman–Crippen LogP) is 3.58. The van der Waals surface area contributed by atoms with Gasteiger partial charge in [-0.15, -0.1) is 0 Å². The zero-order valence-electron chi connectivity index (χ0n) is 13.8. The number of esters is 1. The highest BCUT2D eigenvalue weighted by molar-refractivity contribution is 5.65. The van der Waals surface area contributed by atoms with Crippen molar-refractivity contribution >= 4 is 5.97 Å². The molecule has 0 aromatic carbocycles. The molecule has 1 saturated carbocycles. The molecular weight excluding hydrogens is 264 g/mol. The molecule has 0 unspecified atom stereocenters. The number of allylic oxidation sites excluding steroid dienone is 1. The van der Waals surface area contributed by atoms with Crippen LogP contribution in [0.25, 0.3) is 0 Å². The van der Waals surface area contributed by atoms with Gasteiger partial charge in [0.25, 0.3) is 0 Å². The third-order valence-electron chi connectivity index (χ3n) is 6.37. The molecule has 0 aromatic rings. The molecule has 2 aliphatic carbocycles. The van der Waals surface area contributed by atoms with E-state index in [1.54, 1.807) is 5.57 Å². The van der Waals surface area contributed by atoms with Crippen molar-refractivity contribution in [2.45, 2.75) is 47.0 Å². The lowest BCUT2D eigenvalue weighted by Crippen LogP contribution is -2.56. The summed E-state index contributed by atoms with van der Waals surface area (Å²) in [6, 6.07) is 0. The summed E-state index contributed by atoms with van der Waals surface area (Å²) >= 11 is 0. The summed E-state index contributed by atoms with van der Waals surface area (Å²) in [4.78, 5) is 11.3. The summed E-state index contributed by atoms with van der Waals surface area (Å²) in [6.45, 7) is 10.7. The number of carbonyl (C=O) groups excluding carboxylic acids is 1. The lowest BCUT2D eigenvalue weighted by Gasteiger charge is -2.58. The van der Waals surface area contributed by atoms with Crippen molar-refractivity contribution in [3.05, 3.63) is 11.6 Å². The minimum atomic E-state index is -0.178. The van der Waals surface area contributed by atoms with E-state index in [2.05, 4.69) is 26.8 Å². The number of fused-ring (bicyclic) bond motifs is 4. The predicted molar refractivity (Wildman–Crippen MR) is 81.7 cm³/mol. The molecule has 2 bridgehead atoms. The normalized spacial score (nSPS) is 41.0. The molecule has 0 spiro atoms. The lowest BCUT2D eigenvalue weighted by atomic mass is 9.50. The standard InChI is InChI=1S/C18H28O3/c1-12-15-9-20-10-18(12,11-21-13(2)19)8-16-14(15)6-5-7-17(16,3)4/h6,12,15-16H,5,7-11H2,1-4H3/t12-,15-,16+,18+/m0/s1. The third kappa shape index (κ3) is 2.44. The molecular formula is C18H28O3. The van der Waals surface area contributed by atoms with Gasteiger partial charge in [0.2, 0.25) is 0 Å². The fraction of sp³-hybridized carbons (Fsp3) is 0.833. The van der Waals surface area contributed by atoms with E-state index in [4.69, 9.17) is 9.47 Å². The smallest absolute Gasteiger partial charge is 0.302 e. The van der Waals surface area contributed by atoms with Crippen LogP contribution >= 0.6 is 0 Å². The summed E-state index contributed by atoms with van der Waals surface area (Å²) in [5, 5.41) is 0. The molecule has 2 fully saturated rings. The molecule has 3 aliphatic rings. The first-order valence-corrected chi connectivity index (χ1v) is 8.27. The van der Waals surface area contributed by atoms with Crippen molar-refractivity contribution in [1.29, 1.82) is 0 Å². The van der Waals surface area contributed by atoms with Crippen LogP contribution in [0.1, 0.15) is 47.0 Å². The summed E-state index contributed by atoms with van der Waals surface area (Å²) in [5.74, 6) is 1.48. The zero-order chi connectivity index (χ0) is 15.3. The van der Waals surface area contributed by atoms with Crippen molar-refractivity contribution in [3.63, 3.8) is 0 Å². The maximum Gasteiger partial charge on any atom is 0.302 e. The van der Waals surface area contributed by atoms with Gasteiger partial charge in [0.15, 0.2) is 0 Å². The molecule has 0 aromatic heterocycles. The van der Waals surface area contributed by atoms with Crippen molar-refractivity contribution in [3.8, 4) is 0 Å². The number of hydrogen-bond donors (Lipinski definition) is 0. The number of rotatable bonds is 2. The second kappa shape index (κ2) is 5.12. The molecule has 0 N–H and O–H groups in total. The van der Waals surface area contributed by atoms with Gasteiger partial charge in [-0.1, -0.05) is 32.4 Å². The van der Waals surface area contributed by atoms with Crippen LogP contribution in [0, 0.1) is 28.6 Å². The quantitative estimate of drug-likeness (QED) is 0.576. The van der Waals surface area contributed by atoms with Crippen LogP contribution in [0.5, 0.6) is 0 Å². The fourth-order valence-electron chi connectivity index (χ4n) is 4.79. The number of ether oxygens (including phenoxy) is 2. The lowest BCUT2D eigenvalue weighted by molar-refractivity contribution is -0.166. The Bertz CT molecular complexity index is 465. The monoisotopic (exact) mass is 292 g/mol. The molecule has 4 atom stereocenters. The van der Waals surface area contributed by atoms with E-state index >= 15 is 0 Å². The Morgan fingerprint density at radius 2 is 2.24 bits per heavy atom. The molecule has 1 heterocycles. The van der Waals surface area contributed by atoms with Crippen LogP contribution in [-0.2, 0) is 14.3 Å².